The van der Waals surface area contributed by atoms with E-state index in [1.54, 1.807) is 19.3 Å². The van der Waals surface area contributed by atoms with E-state index in [1.165, 1.54) is 36.8 Å². The minimum absolute atomic E-state index is 0.0548. The Labute approximate surface area is 174 Å². The van der Waals surface area contributed by atoms with Gasteiger partial charge in [-0.1, -0.05) is 50.5 Å². The molecule has 0 aliphatic carbocycles. The fourth-order valence-electron chi connectivity index (χ4n) is 3.36. The summed E-state index contributed by atoms with van der Waals surface area (Å²) in [7, 11) is 0. The number of aryl methyl sites for hydroxylation is 1. The van der Waals surface area contributed by atoms with Gasteiger partial charge in [-0.3, -0.25) is 0 Å². The second kappa shape index (κ2) is 11.5. The van der Waals surface area contributed by atoms with E-state index >= 15 is 0 Å². The largest absolute Gasteiger partial charge is 0.504 e. The Morgan fingerprint density at radius 2 is 2.00 bits per heavy atom. The van der Waals surface area contributed by atoms with Crippen molar-refractivity contribution in [3.8, 4) is 0 Å². The van der Waals surface area contributed by atoms with Crippen LogP contribution in [-0.4, -0.2) is 11.1 Å². The number of aliphatic hydroxyl groups excluding tert-OH is 1. The summed E-state index contributed by atoms with van der Waals surface area (Å²) in [5.41, 5.74) is 2.91. The molecule has 0 spiro atoms. The maximum Gasteiger partial charge on any atom is 0.343 e. The molecule has 1 aromatic rings. The van der Waals surface area contributed by atoms with E-state index in [9.17, 15) is 9.90 Å². The summed E-state index contributed by atoms with van der Waals surface area (Å²) in [5, 5.41) is 9.86. The van der Waals surface area contributed by atoms with Gasteiger partial charge in [0.05, 0.1) is 18.1 Å². The number of cyclic esters (lactones) is 1. The van der Waals surface area contributed by atoms with Crippen molar-refractivity contribution >= 4 is 5.97 Å². The van der Waals surface area contributed by atoms with Gasteiger partial charge >= 0.3 is 5.97 Å². The number of hydrogen-bond acceptors (Lipinski definition) is 4. The lowest BCUT2D eigenvalue weighted by Gasteiger charge is -2.10. The second-order valence-electron chi connectivity index (χ2n) is 8.17. The molecule has 0 bridgehead atoms. The summed E-state index contributed by atoms with van der Waals surface area (Å²) in [6.07, 6.45) is 18.7. The monoisotopic (exact) mass is 398 g/mol. The number of furan rings is 1. The number of carbonyl (C=O) groups is 1. The Balaban J connectivity index is 1.65. The van der Waals surface area contributed by atoms with Gasteiger partial charge in [0.2, 0.25) is 0 Å². The molecule has 0 aromatic carbocycles. The van der Waals surface area contributed by atoms with Crippen LogP contribution in [0.4, 0.5) is 0 Å². The molecule has 0 fully saturated rings. The molecule has 2 heterocycles. The molecule has 1 aromatic heterocycles. The third-order valence-corrected chi connectivity index (χ3v) is 5.32. The fraction of sp³-hybridized carbons (Fsp3) is 0.480. The van der Waals surface area contributed by atoms with Crippen molar-refractivity contribution in [1.29, 1.82) is 0 Å². The van der Waals surface area contributed by atoms with Gasteiger partial charge in [-0.05, 0) is 69.1 Å². The van der Waals surface area contributed by atoms with Gasteiger partial charge in [0, 0.05) is 0 Å². The first-order valence-electron chi connectivity index (χ1n) is 10.6. The average Bonchev–Trinajstić information content (AvgIpc) is 3.27. The normalized spacial score (nSPS) is 18.7. The van der Waals surface area contributed by atoms with Crippen LogP contribution in [0.3, 0.4) is 0 Å². The third kappa shape index (κ3) is 7.80. The first-order chi connectivity index (χ1) is 13.9. The van der Waals surface area contributed by atoms with E-state index < -0.39 is 5.97 Å². The zero-order valence-corrected chi connectivity index (χ0v) is 18.1. The highest BCUT2D eigenvalue weighted by Crippen LogP contribution is 2.25. The molecule has 0 radical (unpaired) electrons. The number of ether oxygens (including phenoxy) is 1. The van der Waals surface area contributed by atoms with Gasteiger partial charge < -0.3 is 14.3 Å². The van der Waals surface area contributed by atoms with Crippen molar-refractivity contribution < 1.29 is 19.1 Å². The summed E-state index contributed by atoms with van der Waals surface area (Å²) in [6, 6.07) is 2.05. The van der Waals surface area contributed by atoms with Crippen LogP contribution in [0.25, 0.3) is 0 Å². The van der Waals surface area contributed by atoms with Crippen molar-refractivity contribution in [2.45, 2.75) is 66.2 Å². The summed E-state index contributed by atoms with van der Waals surface area (Å²) < 4.78 is 10.2. The zero-order valence-electron chi connectivity index (χ0n) is 18.1. The third-order valence-electron chi connectivity index (χ3n) is 5.32. The molecule has 4 nitrogen and oxygen atoms in total. The van der Waals surface area contributed by atoms with Crippen LogP contribution >= 0.6 is 0 Å². The van der Waals surface area contributed by atoms with Crippen molar-refractivity contribution in [2.75, 3.05) is 0 Å². The Hall–Kier alpha value is -2.49. The average molecular weight is 399 g/mol. The van der Waals surface area contributed by atoms with Crippen LogP contribution in [0.1, 0.15) is 65.4 Å². The van der Waals surface area contributed by atoms with Crippen molar-refractivity contribution in [3.05, 3.63) is 71.1 Å². The lowest BCUT2D eigenvalue weighted by atomic mass is 9.95. The summed E-state index contributed by atoms with van der Waals surface area (Å²) in [5.74, 6) is 0.532. The second-order valence-corrected chi connectivity index (χ2v) is 8.17. The maximum absolute atomic E-state index is 11.4. The molecule has 158 valence electrons. The molecule has 0 amide bonds. The molecule has 0 saturated carbocycles. The first-order valence-corrected chi connectivity index (χ1v) is 10.6. The van der Waals surface area contributed by atoms with Crippen LogP contribution in [0, 0.1) is 11.8 Å². The maximum atomic E-state index is 11.4. The topological polar surface area (TPSA) is 59.7 Å². The van der Waals surface area contributed by atoms with Crippen molar-refractivity contribution in [1.82, 2.24) is 0 Å². The number of allylic oxidation sites excluding steroid dienone is 5. The molecule has 2 unspecified atom stereocenters. The molecular weight excluding hydrogens is 364 g/mol. The lowest BCUT2D eigenvalue weighted by Crippen LogP contribution is -1.96. The molecule has 1 aliphatic heterocycles. The Kier molecular flexibility index (Phi) is 9.04. The Bertz CT molecular complexity index is 778. The number of aliphatic hydroxyl groups is 1. The highest BCUT2D eigenvalue weighted by Gasteiger charge is 2.26. The fourth-order valence-corrected chi connectivity index (χ4v) is 3.36. The predicted octanol–water partition coefficient (Wildman–Crippen LogP) is 6.82. The molecule has 29 heavy (non-hydrogen) atoms. The SMILES string of the molecule is CC1=C(O)/C(=C/C(C)/C=C/C=C(\C)CCCC(C)CCCc2ccoc2)OC1=O. The van der Waals surface area contributed by atoms with Gasteiger partial charge in [-0.25, -0.2) is 4.79 Å². The molecule has 2 atom stereocenters. The standard InChI is InChI=1S/C25H34O4/c1-18(8-5-9-19(2)11-7-13-22-14-15-28-17-22)10-6-12-20(3)16-23-24(26)21(4)25(27)29-23/h6,10,12,14-17,19-20,26H,5,7-9,11,13H2,1-4H3/b12-6+,18-10+,23-16-. The van der Waals surface area contributed by atoms with E-state index in [1.807, 2.05) is 31.4 Å². The molecule has 1 aliphatic rings. The number of hydrogen-bond donors (Lipinski definition) is 1. The van der Waals surface area contributed by atoms with Gasteiger partial charge in [0.15, 0.2) is 11.5 Å². The van der Waals surface area contributed by atoms with Crippen LogP contribution < -0.4 is 0 Å². The van der Waals surface area contributed by atoms with E-state index in [2.05, 4.69) is 19.9 Å². The van der Waals surface area contributed by atoms with Crippen molar-refractivity contribution in [3.63, 3.8) is 0 Å². The zero-order chi connectivity index (χ0) is 21.2. The summed E-state index contributed by atoms with van der Waals surface area (Å²) in [4.78, 5) is 11.4. The molecule has 2 rings (SSSR count). The number of esters is 1. The minimum atomic E-state index is -0.476. The lowest BCUT2D eigenvalue weighted by molar-refractivity contribution is -0.133. The van der Waals surface area contributed by atoms with Gasteiger partial charge in [-0.15, -0.1) is 0 Å². The van der Waals surface area contributed by atoms with Gasteiger partial charge in [-0.2, -0.15) is 0 Å². The summed E-state index contributed by atoms with van der Waals surface area (Å²) in [6.45, 7) is 8.05. The predicted molar refractivity (Wildman–Crippen MR) is 116 cm³/mol. The minimum Gasteiger partial charge on any atom is -0.504 e. The van der Waals surface area contributed by atoms with Crippen molar-refractivity contribution in [2.24, 2.45) is 11.8 Å². The molecule has 0 saturated heterocycles. The number of rotatable bonds is 11. The van der Waals surface area contributed by atoms with Crippen LogP contribution in [0.5, 0.6) is 0 Å². The molecule has 1 N–H and O–H groups in total. The number of carbonyl (C=O) groups excluding carboxylic acids is 1. The smallest absolute Gasteiger partial charge is 0.343 e. The quantitative estimate of drug-likeness (QED) is 0.328. The van der Waals surface area contributed by atoms with Crippen LogP contribution in [-0.2, 0) is 16.0 Å². The highest BCUT2D eigenvalue weighted by molar-refractivity contribution is 5.93. The van der Waals surface area contributed by atoms with Gasteiger partial charge in [0.25, 0.3) is 0 Å². The van der Waals surface area contributed by atoms with E-state index in [0.29, 0.717) is 0 Å². The summed E-state index contributed by atoms with van der Waals surface area (Å²) >= 11 is 0. The van der Waals surface area contributed by atoms with Crippen LogP contribution in [0.2, 0.25) is 0 Å². The van der Waals surface area contributed by atoms with Crippen LogP contribution in [0.15, 0.2) is 70.0 Å². The first kappa shape index (κ1) is 22.8. The van der Waals surface area contributed by atoms with Gasteiger partial charge in [0.1, 0.15) is 0 Å². The van der Waals surface area contributed by atoms with E-state index in [4.69, 9.17) is 9.15 Å². The Morgan fingerprint density at radius 3 is 2.66 bits per heavy atom. The molecule has 4 heteroatoms. The van der Waals surface area contributed by atoms with E-state index in [0.717, 1.165) is 18.8 Å². The van der Waals surface area contributed by atoms with E-state index in [-0.39, 0.29) is 23.0 Å². The highest BCUT2D eigenvalue weighted by atomic mass is 16.6. The Morgan fingerprint density at radius 1 is 1.24 bits per heavy atom. The molecular formula is C25H34O4.